The Bertz CT molecular complexity index is 239. The van der Waals surface area contributed by atoms with Crippen molar-refractivity contribution < 1.29 is 9.84 Å². The van der Waals surface area contributed by atoms with E-state index in [1.807, 2.05) is 0 Å². The van der Waals surface area contributed by atoms with Gasteiger partial charge in [0.25, 0.3) is 0 Å². The van der Waals surface area contributed by atoms with Crippen LogP contribution in [0, 0.1) is 17.3 Å². The summed E-state index contributed by atoms with van der Waals surface area (Å²) in [6.45, 7) is 3.60. The third-order valence-corrected chi connectivity index (χ3v) is 5.06. The number of aliphatic hydroxyl groups excluding tert-OH is 1. The van der Waals surface area contributed by atoms with Crippen molar-refractivity contribution in [2.75, 3.05) is 13.2 Å². The fourth-order valence-electron chi connectivity index (χ4n) is 3.77. The minimum Gasteiger partial charge on any atom is -0.396 e. The molecule has 0 aromatic carbocycles. The molecule has 3 fully saturated rings. The summed E-state index contributed by atoms with van der Waals surface area (Å²) in [7, 11) is 0. The highest BCUT2D eigenvalue weighted by Crippen LogP contribution is 2.69. The molecule has 0 aromatic rings. The highest BCUT2D eigenvalue weighted by atomic mass is 16.5. The van der Waals surface area contributed by atoms with E-state index in [0.717, 1.165) is 12.5 Å². The monoisotopic (exact) mass is 196 g/mol. The summed E-state index contributed by atoms with van der Waals surface area (Å²) in [6.07, 6.45) is 6.16. The lowest BCUT2D eigenvalue weighted by atomic mass is 9.71. The molecule has 1 spiro atoms. The molecule has 2 saturated carbocycles. The Balaban J connectivity index is 1.83. The summed E-state index contributed by atoms with van der Waals surface area (Å²) in [5, 5.41) is 9.57. The predicted octanol–water partition coefficient (Wildman–Crippen LogP) is 1.96. The first-order chi connectivity index (χ1) is 6.72. The van der Waals surface area contributed by atoms with Crippen molar-refractivity contribution in [2.45, 2.75) is 44.6 Å². The second kappa shape index (κ2) is 2.73. The molecule has 1 heterocycles. The minimum absolute atomic E-state index is 0.0823. The van der Waals surface area contributed by atoms with Gasteiger partial charge in [-0.1, -0.05) is 6.92 Å². The van der Waals surface area contributed by atoms with Gasteiger partial charge in [0, 0.05) is 5.41 Å². The zero-order chi connectivity index (χ0) is 9.81. The van der Waals surface area contributed by atoms with Crippen molar-refractivity contribution in [1.82, 2.24) is 0 Å². The van der Waals surface area contributed by atoms with Crippen molar-refractivity contribution in [3.05, 3.63) is 0 Å². The summed E-state index contributed by atoms with van der Waals surface area (Å²) in [4.78, 5) is 0. The fourth-order valence-corrected chi connectivity index (χ4v) is 3.77. The molecule has 0 radical (unpaired) electrons. The lowest BCUT2D eigenvalue weighted by molar-refractivity contribution is -0.0980. The molecule has 2 atom stereocenters. The van der Waals surface area contributed by atoms with Crippen LogP contribution in [-0.2, 0) is 4.74 Å². The molecule has 0 amide bonds. The summed E-state index contributed by atoms with van der Waals surface area (Å²) in [5.74, 6) is 1.54. The molecule has 1 saturated heterocycles. The van der Waals surface area contributed by atoms with Crippen LogP contribution in [0.1, 0.15) is 39.0 Å². The van der Waals surface area contributed by atoms with E-state index in [9.17, 15) is 5.11 Å². The van der Waals surface area contributed by atoms with Crippen molar-refractivity contribution in [2.24, 2.45) is 17.3 Å². The largest absolute Gasteiger partial charge is 0.396 e. The summed E-state index contributed by atoms with van der Waals surface area (Å²) in [6, 6.07) is 0. The molecule has 0 bridgehead atoms. The van der Waals surface area contributed by atoms with Crippen molar-refractivity contribution in [3.8, 4) is 0 Å². The topological polar surface area (TPSA) is 29.5 Å². The van der Waals surface area contributed by atoms with E-state index in [4.69, 9.17) is 4.74 Å². The Morgan fingerprint density at radius 1 is 1.36 bits per heavy atom. The lowest BCUT2D eigenvalue weighted by Crippen LogP contribution is -2.44. The van der Waals surface area contributed by atoms with E-state index in [0.29, 0.717) is 12.5 Å². The molecule has 3 rings (SSSR count). The molecule has 14 heavy (non-hydrogen) atoms. The van der Waals surface area contributed by atoms with E-state index in [1.54, 1.807) is 0 Å². The van der Waals surface area contributed by atoms with Gasteiger partial charge in [-0.25, -0.2) is 0 Å². The standard InChI is InChI=1S/C12H20O2/c1-9-2-4-12(5-3-9)11(8-13)6-10(11)7-14-12/h9-10,13H,2-8H2,1H3. The first kappa shape index (κ1) is 9.17. The summed E-state index contributed by atoms with van der Waals surface area (Å²) >= 11 is 0. The maximum Gasteiger partial charge on any atom is 0.0764 e. The molecular formula is C12H20O2. The smallest absolute Gasteiger partial charge is 0.0764 e. The number of ether oxygens (including phenoxy) is 1. The zero-order valence-electron chi connectivity index (χ0n) is 8.96. The number of hydrogen-bond acceptors (Lipinski definition) is 2. The minimum atomic E-state index is 0.0823. The fraction of sp³-hybridized carbons (Fsp3) is 1.00. The van der Waals surface area contributed by atoms with Crippen LogP contribution in [-0.4, -0.2) is 23.9 Å². The number of fused-ring (bicyclic) bond motifs is 2. The molecule has 2 unspecified atom stereocenters. The molecule has 2 aliphatic carbocycles. The van der Waals surface area contributed by atoms with Gasteiger partial charge in [0.2, 0.25) is 0 Å². The van der Waals surface area contributed by atoms with Crippen molar-refractivity contribution in [3.63, 3.8) is 0 Å². The van der Waals surface area contributed by atoms with E-state index < -0.39 is 0 Å². The van der Waals surface area contributed by atoms with Gasteiger partial charge in [-0.05, 0) is 43.9 Å². The molecule has 80 valence electrons. The van der Waals surface area contributed by atoms with Crippen LogP contribution in [0.25, 0.3) is 0 Å². The predicted molar refractivity (Wildman–Crippen MR) is 53.9 cm³/mol. The Morgan fingerprint density at radius 3 is 2.64 bits per heavy atom. The first-order valence-electron chi connectivity index (χ1n) is 5.97. The average molecular weight is 196 g/mol. The highest BCUT2D eigenvalue weighted by molar-refractivity contribution is 5.19. The van der Waals surface area contributed by atoms with Crippen molar-refractivity contribution in [1.29, 1.82) is 0 Å². The number of aliphatic hydroxyl groups is 1. The molecule has 2 nitrogen and oxygen atoms in total. The van der Waals surface area contributed by atoms with Crippen LogP contribution < -0.4 is 0 Å². The van der Waals surface area contributed by atoms with Gasteiger partial charge < -0.3 is 9.84 Å². The maximum absolute atomic E-state index is 9.57. The van der Waals surface area contributed by atoms with Crippen LogP contribution in [0.15, 0.2) is 0 Å². The van der Waals surface area contributed by atoms with Crippen LogP contribution in [0.4, 0.5) is 0 Å². The Labute approximate surface area is 85.6 Å². The first-order valence-corrected chi connectivity index (χ1v) is 5.97. The quantitative estimate of drug-likeness (QED) is 0.694. The van der Waals surface area contributed by atoms with E-state index in [2.05, 4.69) is 6.92 Å². The van der Waals surface area contributed by atoms with Gasteiger partial charge in [-0.2, -0.15) is 0 Å². The SMILES string of the molecule is CC1CCC2(CC1)OCC1CC12CO. The molecule has 1 N–H and O–H groups in total. The van der Waals surface area contributed by atoms with Crippen LogP contribution in [0.2, 0.25) is 0 Å². The highest BCUT2D eigenvalue weighted by Gasteiger charge is 2.71. The zero-order valence-corrected chi connectivity index (χ0v) is 8.96. The van der Waals surface area contributed by atoms with E-state index in [1.165, 1.54) is 32.1 Å². The van der Waals surface area contributed by atoms with Gasteiger partial charge in [0.05, 0.1) is 18.8 Å². The Kier molecular flexibility index (Phi) is 1.79. The summed E-state index contributed by atoms with van der Waals surface area (Å²) < 4.78 is 6.03. The van der Waals surface area contributed by atoms with Crippen molar-refractivity contribution >= 4 is 0 Å². The van der Waals surface area contributed by atoms with Gasteiger partial charge >= 0.3 is 0 Å². The number of rotatable bonds is 1. The van der Waals surface area contributed by atoms with E-state index >= 15 is 0 Å². The molecule has 0 aromatic heterocycles. The van der Waals surface area contributed by atoms with Crippen LogP contribution in [0.3, 0.4) is 0 Å². The Hall–Kier alpha value is -0.0800. The third-order valence-electron chi connectivity index (χ3n) is 5.06. The van der Waals surface area contributed by atoms with E-state index in [-0.39, 0.29) is 11.0 Å². The lowest BCUT2D eigenvalue weighted by Gasteiger charge is -2.42. The normalized spacial score (nSPS) is 56.1. The van der Waals surface area contributed by atoms with Crippen LogP contribution in [0.5, 0.6) is 0 Å². The molecule has 3 aliphatic rings. The molecule has 2 heteroatoms. The Morgan fingerprint density at radius 2 is 2.07 bits per heavy atom. The van der Waals surface area contributed by atoms with Gasteiger partial charge in [-0.15, -0.1) is 0 Å². The van der Waals surface area contributed by atoms with Gasteiger partial charge in [-0.3, -0.25) is 0 Å². The molecule has 1 aliphatic heterocycles. The summed E-state index contributed by atoms with van der Waals surface area (Å²) in [5.41, 5.74) is 0.270. The second-order valence-corrected chi connectivity index (χ2v) is 5.70. The third kappa shape index (κ3) is 0.938. The van der Waals surface area contributed by atoms with Crippen LogP contribution >= 0.6 is 0 Å². The number of hydrogen-bond donors (Lipinski definition) is 1. The second-order valence-electron chi connectivity index (χ2n) is 5.70. The molecular weight excluding hydrogens is 176 g/mol. The maximum atomic E-state index is 9.57. The average Bonchev–Trinajstić information content (AvgIpc) is 2.87. The van der Waals surface area contributed by atoms with Gasteiger partial charge in [0.1, 0.15) is 0 Å². The van der Waals surface area contributed by atoms with Gasteiger partial charge in [0.15, 0.2) is 0 Å².